The molecule has 0 bridgehead atoms. The molecule has 2 rings (SSSR count). The molecule has 2 heterocycles. The Morgan fingerprint density at radius 3 is 2.94 bits per heavy atom. The van der Waals surface area contributed by atoms with Crippen LogP contribution in [0.25, 0.3) is 0 Å². The molecule has 5 heteroatoms. The van der Waals surface area contributed by atoms with E-state index in [-0.39, 0.29) is 18.4 Å². The third-order valence-corrected chi connectivity index (χ3v) is 3.35. The summed E-state index contributed by atoms with van der Waals surface area (Å²) in [4.78, 5) is 26.9. The first kappa shape index (κ1) is 12.4. The summed E-state index contributed by atoms with van der Waals surface area (Å²) >= 11 is 0. The van der Waals surface area contributed by atoms with E-state index >= 15 is 0 Å². The second-order valence-electron chi connectivity index (χ2n) is 4.74. The molecule has 0 aromatic carbocycles. The highest BCUT2D eigenvalue weighted by Crippen LogP contribution is 2.13. The Hall–Kier alpha value is -1.10. The van der Waals surface area contributed by atoms with Crippen LogP contribution >= 0.6 is 0 Å². The van der Waals surface area contributed by atoms with Gasteiger partial charge in [0.05, 0.1) is 12.6 Å². The molecule has 1 N–H and O–H groups in total. The quantitative estimate of drug-likeness (QED) is 0.725. The van der Waals surface area contributed by atoms with Crippen LogP contribution in [-0.2, 0) is 9.59 Å². The van der Waals surface area contributed by atoms with Crippen LogP contribution in [0.1, 0.15) is 25.7 Å². The predicted molar refractivity (Wildman–Crippen MR) is 61.9 cm³/mol. The highest BCUT2D eigenvalue weighted by atomic mass is 16.3. The fourth-order valence-corrected chi connectivity index (χ4v) is 2.30. The van der Waals surface area contributed by atoms with Crippen LogP contribution in [-0.4, -0.2) is 59.0 Å². The summed E-state index contributed by atoms with van der Waals surface area (Å²) < 4.78 is 0. The zero-order valence-corrected chi connectivity index (χ0v) is 9.97. The Morgan fingerprint density at radius 2 is 2.24 bits per heavy atom. The van der Waals surface area contributed by atoms with Crippen molar-refractivity contribution in [2.24, 2.45) is 0 Å². The minimum atomic E-state index is -0.398. The number of hydrogen-bond acceptors (Lipinski definition) is 3. The molecule has 5 nitrogen and oxygen atoms in total. The Kier molecular flexibility index (Phi) is 3.99. The number of aliphatic hydroxyl groups is 1. The van der Waals surface area contributed by atoms with Crippen molar-refractivity contribution in [3.8, 4) is 0 Å². The minimum Gasteiger partial charge on any atom is -0.391 e. The number of carbonyl (C=O) groups is 2. The van der Waals surface area contributed by atoms with Crippen LogP contribution in [0.3, 0.4) is 0 Å². The van der Waals surface area contributed by atoms with Crippen LogP contribution in [0.4, 0.5) is 0 Å². The zero-order chi connectivity index (χ0) is 12.3. The van der Waals surface area contributed by atoms with Crippen LogP contribution in [0.15, 0.2) is 0 Å². The van der Waals surface area contributed by atoms with E-state index in [1.54, 1.807) is 16.2 Å². The van der Waals surface area contributed by atoms with Crippen molar-refractivity contribution in [1.82, 2.24) is 9.80 Å². The lowest BCUT2D eigenvalue weighted by molar-refractivity contribution is -0.138. The highest BCUT2D eigenvalue weighted by Gasteiger charge is 2.27. The summed E-state index contributed by atoms with van der Waals surface area (Å²) in [5.41, 5.74) is 0. The van der Waals surface area contributed by atoms with E-state index in [1.807, 2.05) is 0 Å². The van der Waals surface area contributed by atoms with Crippen molar-refractivity contribution >= 4 is 11.8 Å². The number of likely N-dealkylation sites (tertiary alicyclic amines) is 2. The number of rotatable bonds is 2. The van der Waals surface area contributed by atoms with Crippen molar-refractivity contribution in [2.45, 2.75) is 31.8 Å². The number of amides is 2. The molecule has 0 aromatic heterocycles. The maximum absolute atomic E-state index is 11.9. The van der Waals surface area contributed by atoms with Crippen molar-refractivity contribution in [3.63, 3.8) is 0 Å². The number of aliphatic hydroxyl groups excluding tert-OH is 1. The van der Waals surface area contributed by atoms with Gasteiger partial charge in [-0.15, -0.1) is 0 Å². The normalized spacial score (nSPS) is 26.2. The average molecular weight is 239 g/mol. The molecule has 2 aliphatic rings. The van der Waals surface area contributed by atoms with Crippen molar-refractivity contribution in [1.29, 1.82) is 0 Å². The first-order valence-corrected chi connectivity index (χ1v) is 6.25. The zero-order valence-electron chi connectivity index (χ0n) is 9.97. The molecule has 2 amide bonds. The van der Waals surface area contributed by atoms with Gasteiger partial charge in [0.2, 0.25) is 11.8 Å². The highest BCUT2D eigenvalue weighted by molar-refractivity contribution is 5.89. The van der Waals surface area contributed by atoms with Gasteiger partial charge in [-0.05, 0) is 19.3 Å². The summed E-state index contributed by atoms with van der Waals surface area (Å²) in [6, 6.07) is 0. The Labute approximate surface area is 101 Å². The molecule has 95 valence electrons. The van der Waals surface area contributed by atoms with Crippen molar-refractivity contribution in [2.75, 3.05) is 26.2 Å². The maximum atomic E-state index is 11.9. The lowest BCUT2D eigenvalue weighted by Gasteiger charge is -2.23. The van der Waals surface area contributed by atoms with Gasteiger partial charge in [-0.1, -0.05) is 6.42 Å². The van der Waals surface area contributed by atoms with Crippen LogP contribution in [0.2, 0.25) is 0 Å². The van der Waals surface area contributed by atoms with Gasteiger partial charge in [-0.3, -0.25) is 9.59 Å². The third-order valence-electron chi connectivity index (χ3n) is 3.35. The number of β-amino-alcohol motifs (C(OH)–C–C–N with tert-alkyl or cyclic N) is 1. The molecule has 0 spiro atoms. The Balaban J connectivity index is 1.86. The molecule has 0 aromatic rings. The van der Waals surface area contributed by atoms with Gasteiger partial charge in [0, 0.05) is 26.1 Å². The second kappa shape index (κ2) is 5.49. The molecule has 2 fully saturated rings. The first-order valence-electron chi connectivity index (χ1n) is 6.25. The molecule has 1 unspecified atom stereocenters. The van der Waals surface area contributed by atoms with E-state index in [0.29, 0.717) is 26.1 Å². The fraction of sp³-hybridized carbons (Fsp3) is 0.750. The summed E-state index contributed by atoms with van der Waals surface area (Å²) in [7, 11) is 0. The SMILES string of the molecule is O=C1[CH]CCCCN1CC(=O)N1CCC(O)C1. The molecule has 17 heavy (non-hydrogen) atoms. The monoisotopic (exact) mass is 239 g/mol. The fourth-order valence-electron chi connectivity index (χ4n) is 2.30. The lowest BCUT2D eigenvalue weighted by atomic mass is 10.2. The summed E-state index contributed by atoms with van der Waals surface area (Å²) in [5, 5.41) is 9.37. The molecule has 1 atom stereocenters. The van der Waals surface area contributed by atoms with Gasteiger partial charge < -0.3 is 14.9 Å². The molecule has 2 saturated heterocycles. The second-order valence-corrected chi connectivity index (χ2v) is 4.74. The van der Waals surface area contributed by atoms with E-state index in [4.69, 9.17) is 0 Å². The van der Waals surface area contributed by atoms with Gasteiger partial charge in [-0.2, -0.15) is 0 Å². The summed E-state index contributed by atoms with van der Waals surface area (Å²) in [6.07, 6.45) is 4.69. The van der Waals surface area contributed by atoms with Gasteiger partial charge >= 0.3 is 0 Å². The average Bonchev–Trinajstić information content (AvgIpc) is 2.63. The summed E-state index contributed by atoms with van der Waals surface area (Å²) in [5.74, 6) is -0.0826. The van der Waals surface area contributed by atoms with Crippen LogP contribution < -0.4 is 0 Å². The van der Waals surface area contributed by atoms with Crippen LogP contribution in [0, 0.1) is 6.42 Å². The van der Waals surface area contributed by atoms with Gasteiger partial charge in [0.25, 0.3) is 0 Å². The molecular weight excluding hydrogens is 220 g/mol. The van der Waals surface area contributed by atoms with E-state index < -0.39 is 6.10 Å². The number of hydrogen-bond donors (Lipinski definition) is 1. The van der Waals surface area contributed by atoms with E-state index in [0.717, 1.165) is 19.3 Å². The number of carbonyl (C=O) groups excluding carboxylic acids is 2. The predicted octanol–water partition coefficient (Wildman–Crippen LogP) is -0.204. The molecular formula is C12H19N2O3. The molecule has 0 aliphatic carbocycles. The molecule has 1 radical (unpaired) electrons. The lowest BCUT2D eigenvalue weighted by Crippen LogP contribution is -2.42. The largest absolute Gasteiger partial charge is 0.391 e. The van der Waals surface area contributed by atoms with E-state index in [9.17, 15) is 14.7 Å². The summed E-state index contributed by atoms with van der Waals surface area (Å²) in [6.45, 7) is 1.83. The molecule has 0 saturated carbocycles. The van der Waals surface area contributed by atoms with Gasteiger partial charge in [0.1, 0.15) is 0 Å². The first-order chi connectivity index (χ1) is 8.16. The van der Waals surface area contributed by atoms with Gasteiger partial charge in [0.15, 0.2) is 0 Å². The smallest absolute Gasteiger partial charge is 0.242 e. The Morgan fingerprint density at radius 1 is 1.41 bits per heavy atom. The third kappa shape index (κ3) is 3.19. The van der Waals surface area contributed by atoms with E-state index in [1.165, 1.54) is 0 Å². The molecule has 2 aliphatic heterocycles. The standard InChI is InChI=1S/C12H19N2O3/c15-10-5-7-14(8-10)12(17)9-13-6-3-1-2-4-11(13)16/h4,10,15H,1-3,5-9H2. The van der Waals surface area contributed by atoms with Crippen molar-refractivity contribution in [3.05, 3.63) is 6.42 Å². The maximum Gasteiger partial charge on any atom is 0.242 e. The Bertz CT molecular complexity index is 306. The van der Waals surface area contributed by atoms with Gasteiger partial charge in [-0.25, -0.2) is 0 Å². The van der Waals surface area contributed by atoms with Crippen molar-refractivity contribution < 1.29 is 14.7 Å². The topological polar surface area (TPSA) is 60.9 Å². The minimum absolute atomic E-state index is 0.0319. The van der Waals surface area contributed by atoms with Crippen LogP contribution in [0.5, 0.6) is 0 Å². The number of nitrogens with zero attached hydrogens (tertiary/aromatic N) is 2. The van der Waals surface area contributed by atoms with E-state index in [2.05, 4.69) is 0 Å².